The topological polar surface area (TPSA) is 132 Å². The Kier molecular flexibility index (Phi) is 5.08. The zero-order valence-corrected chi connectivity index (χ0v) is 17.4. The predicted octanol–water partition coefficient (Wildman–Crippen LogP) is 2.52. The Balaban J connectivity index is 1.88. The van der Waals surface area contributed by atoms with Gasteiger partial charge in [0.2, 0.25) is 23.2 Å². The van der Waals surface area contributed by atoms with E-state index < -0.39 is 29.5 Å². The molecule has 0 radical (unpaired) electrons. The molecule has 0 saturated heterocycles. The lowest BCUT2D eigenvalue weighted by Gasteiger charge is -2.40. The molecule has 10 heteroatoms. The van der Waals surface area contributed by atoms with Gasteiger partial charge in [0, 0.05) is 18.8 Å². The van der Waals surface area contributed by atoms with Crippen molar-refractivity contribution >= 4 is 23.2 Å². The van der Waals surface area contributed by atoms with E-state index in [1.54, 1.807) is 13.8 Å². The van der Waals surface area contributed by atoms with Crippen molar-refractivity contribution in [2.24, 2.45) is 5.92 Å². The highest BCUT2D eigenvalue weighted by molar-refractivity contribution is 6.36. The first-order valence-electron chi connectivity index (χ1n) is 9.65. The maximum atomic E-state index is 13.5. The number of Topliss-reactive ketones (excluding diaryl/α,β-unsaturated/α-hetero) is 2. The summed E-state index contributed by atoms with van der Waals surface area (Å²) in [4.78, 5) is 25.4. The molecule has 0 amide bonds. The van der Waals surface area contributed by atoms with Crippen LogP contribution < -0.4 is 9.47 Å². The van der Waals surface area contributed by atoms with Gasteiger partial charge in [-0.15, -0.1) is 10.2 Å². The Morgan fingerprint density at radius 1 is 1.37 bits per heavy atom. The minimum absolute atomic E-state index is 0.00262. The van der Waals surface area contributed by atoms with Crippen LogP contribution in [0.4, 0.5) is 0 Å². The van der Waals surface area contributed by atoms with Crippen LogP contribution in [0.2, 0.25) is 5.02 Å². The second-order valence-corrected chi connectivity index (χ2v) is 7.96. The van der Waals surface area contributed by atoms with Crippen molar-refractivity contribution in [1.29, 1.82) is 0 Å². The fourth-order valence-electron chi connectivity index (χ4n) is 4.09. The van der Waals surface area contributed by atoms with Crippen LogP contribution in [0.1, 0.15) is 56.0 Å². The fourth-order valence-corrected chi connectivity index (χ4v) is 4.35. The van der Waals surface area contributed by atoms with E-state index >= 15 is 0 Å². The number of benzene rings is 1. The number of carbonyl (C=O) groups is 2. The van der Waals surface area contributed by atoms with Gasteiger partial charge < -0.3 is 24.1 Å². The largest absolute Gasteiger partial charge is 0.493 e. The number of hydrogen-bond acceptors (Lipinski definition) is 9. The molecule has 9 nitrogen and oxygen atoms in total. The predicted molar refractivity (Wildman–Crippen MR) is 104 cm³/mol. The summed E-state index contributed by atoms with van der Waals surface area (Å²) >= 11 is 6.57. The van der Waals surface area contributed by atoms with Crippen LogP contribution in [0, 0.1) is 5.92 Å². The lowest BCUT2D eigenvalue weighted by atomic mass is 9.71. The van der Waals surface area contributed by atoms with Gasteiger partial charge in [0.05, 0.1) is 17.2 Å². The van der Waals surface area contributed by atoms with E-state index in [-0.39, 0.29) is 64.7 Å². The van der Waals surface area contributed by atoms with Gasteiger partial charge >= 0.3 is 0 Å². The molecular formula is C20H21ClN2O7. The molecule has 2 aromatic rings. The van der Waals surface area contributed by atoms with E-state index in [0.29, 0.717) is 0 Å². The van der Waals surface area contributed by atoms with Gasteiger partial charge in [-0.25, -0.2) is 0 Å². The van der Waals surface area contributed by atoms with Crippen molar-refractivity contribution < 1.29 is 33.7 Å². The number of aliphatic hydroxyl groups excluding tert-OH is 2. The van der Waals surface area contributed by atoms with Crippen LogP contribution in [0.3, 0.4) is 0 Å². The maximum Gasteiger partial charge on any atom is 0.249 e. The monoisotopic (exact) mass is 436 g/mol. The average Bonchev–Trinajstić information content (AvgIpc) is 3.27. The van der Waals surface area contributed by atoms with E-state index in [2.05, 4.69) is 10.2 Å². The summed E-state index contributed by atoms with van der Waals surface area (Å²) in [7, 11) is 0. The molecule has 4 rings (SSSR count). The van der Waals surface area contributed by atoms with Crippen molar-refractivity contribution in [3.05, 3.63) is 22.5 Å². The average molecular weight is 437 g/mol. The Morgan fingerprint density at radius 3 is 2.70 bits per heavy atom. The van der Waals surface area contributed by atoms with Crippen LogP contribution in [0.5, 0.6) is 11.5 Å². The zero-order chi connectivity index (χ0) is 21.8. The first-order chi connectivity index (χ1) is 14.2. The number of ketones is 2. The molecule has 1 aliphatic carbocycles. The van der Waals surface area contributed by atoms with Gasteiger partial charge in [0.25, 0.3) is 0 Å². The summed E-state index contributed by atoms with van der Waals surface area (Å²) in [5.41, 5.74) is -1.25. The Hall–Kier alpha value is -2.49. The lowest BCUT2D eigenvalue weighted by molar-refractivity contribution is -0.136. The third kappa shape index (κ3) is 2.91. The number of hydrogen-bond donors (Lipinski definition) is 2. The Bertz CT molecular complexity index is 1020. The van der Waals surface area contributed by atoms with Crippen LogP contribution in [-0.4, -0.2) is 50.3 Å². The highest BCUT2D eigenvalue weighted by Gasteiger charge is 2.61. The fraction of sp³-hybridized carbons (Fsp3) is 0.500. The number of aliphatic hydroxyl groups is 2. The lowest BCUT2D eigenvalue weighted by Crippen LogP contribution is -2.59. The second-order valence-electron chi connectivity index (χ2n) is 7.58. The SMILES string of the molecule is CCOc1cc(-c2nnc([C@H](C)O)o2)c(Cl)c2c1C(=O)[C@@]1(O2)C(O)CC(=O)C[C@H]1C. The van der Waals surface area contributed by atoms with E-state index in [1.807, 2.05) is 0 Å². The molecule has 4 atom stereocenters. The number of nitrogens with zero attached hydrogens (tertiary/aromatic N) is 2. The highest BCUT2D eigenvalue weighted by atomic mass is 35.5. The Morgan fingerprint density at radius 2 is 2.10 bits per heavy atom. The molecule has 1 aromatic carbocycles. The van der Waals surface area contributed by atoms with Gasteiger partial charge in [-0.1, -0.05) is 18.5 Å². The number of carbonyl (C=O) groups excluding carboxylic acids is 2. The van der Waals surface area contributed by atoms with Crippen LogP contribution >= 0.6 is 11.6 Å². The smallest absolute Gasteiger partial charge is 0.249 e. The van der Waals surface area contributed by atoms with Crippen molar-refractivity contribution in [1.82, 2.24) is 10.2 Å². The summed E-state index contributed by atoms with van der Waals surface area (Å²) in [5, 5.41) is 28.1. The summed E-state index contributed by atoms with van der Waals surface area (Å²) in [6, 6.07) is 1.50. The van der Waals surface area contributed by atoms with Crippen molar-refractivity contribution in [3.8, 4) is 23.0 Å². The van der Waals surface area contributed by atoms with Crippen molar-refractivity contribution in [3.63, 3.8) is 0 Å². The maximum absolute atomic E-state index is 13.5. The minimum Gasteiger partial charge on any atom is -0.493 e. The molecule has 1 aliphatic heterocycles. The minimum atomic E-state index is -1.62. The van der Waals surface area contributed by atoms with Gasteiger partial charge in [-0.3, -0.25) is 9.59 Å². The molecule has 160 valence electrons. The standard InChI is InChI=1S/C20H21ClN2O7/c1-4-28-12-7-11(19-23-22-18(29-19)9(3)24)15(21)16-14(12)17(27)20(30-16)8(2)5-10(25)6-13(20)26/h7-9,13,24,26H,4-6H2,1-3H3/t8-,9+,13?,20+/m1/s1. The second kappa shape index (κ2) is 7.33. The van der Waals surface area contributed by atoms with Crippen LogP contribution in [0.15, 0.2) is 10.5 Å². The number of halogens is 1. The van der Waals surface area contributed by atoms with Crippen molar-refractivity contribution in [2.45, 2.75) is 51.4 Å². The molecule has 1 unspecified atom stereocenters. The van der Waals surface area contributed by atoms with Gasteiger partial charge in [0.15, 0.2) is 5.75 Å². The molecule has 1 spiro atoms. The molecule has 1 aromatic heterocycles. The zero-order valence-electron chi connectivity index (χ0n) is 16.6. The number of fused-ring (bicyclic) bond motifs is 1. The van der Waals surface area contributed by atoms with E-state index in [0.717, 1.165) is 0 Å². The summed E-state index contributed by atoms with van der Waals surface area (Å²) in [5.74, 6) is -0.917. The van der Waals surface area contributed by atoms with Crippen LogP contribution in [0.25, 0.3) is 11.5 Å². The molecule has 1 saturated carbocycles. The molecule has 0 bridgehead atoms. The Labute approximate surface area is 177 Å². The summed E-state index contributed by atoms with van der Waals surface area (Å²) < 4.78 is 17.2. The molecule has 30 heavy (non-hydrogen) atoms. The van der Waals surface area contributed by atoms with Crippen molar-refractivity contribution in [2.75, 3.05) is 6.61 Å². The summed E-state index contributed by atoms with van der Waals surface area (Å²) in [6.45, 7) is 5.18. The van der Waals surface area contributed by atoms with Crippen LogP contribution in [-0.2, 0) is 4.79 Å². The normalized spacial score (nSPS) is 26.6. The molecule has 2 aliphatic rings. The van der Waals surface area contributed by atoms with E-state index in [9.17, 15) is 19.8 Å². The van der Waals surface area contributed by atoms with E-state index in [4.69, 9.17) is 25.5 Å². The molecule has 2 N–H and O–H groups in total. The quantitative estimate of drug-likeness (QED) is 0.741. The van der Waals surface area contributed by atoms with Gasteiger partial charge in [-0.05, 0) is 19.9 Å². The first-order valence-corrected chi connectivity index (χ1v) is 10.0. The molecule has 2 heterocycles. The number of aromatic nitrogens is 2. The number of ether oxygens (including phenoxy) is 2. The van der Waals surface area contributed by atoms with Gasteiger partial charge in [-0.2, -0.15) is 0 Å². The molecule has 1 fully saturated rings. The first kappa shape index (κ1) is 20.8. The highest BCUT2D eigenvalue weighted by Crippen LogP contribution is 2.53. The third-order valence-corrected chi connectivity index (χ3v) is 5.92. The summed E-state index contributed by atoms with van der Waals surface area (Å²) in [6.07, 6.45) is -2.36. The number of rotatable bonds is 4. The van der Waals surface area contributed by atoms with E-state index in [1.165, 1.54) is 13.0 Å². The van der Waals surface area contributed by atoms with Gasteiger partial charge in [0.1, 0.15) is 29.3 Å². The molecular weight excluding hydrogens is 416 g/mol. The third-order valence-electron chi connectivity index (χ3n) is 5.55.